The fraction of sp³-hybridized carbons (Fsp3) is 0. The van der Waals surface area contributed by atoms with Crippen molar-refractivity contribution in [3.8, 4) is 5.75 Å². The van der Waals surface area contributed by atoms with E-state index in [4.69, 9.17) is 4.74 Å². The summed E-state index contributed by atoms with van der Waals surface area (Å²) in [6.45, 7) is 0. The number of amides is 1. The molecule has 0 spiro atoms. The van der Waals surface area contributed by atoms with Crippen LogP contribution in [0.15, 0.2) is 54.6 Å². The number of para-hydroxylation sites is 2. The molecular weight excluding hydrogens is 202 g/mol. The lowest BCUT2D eigenvalue weighted by Gasteiger charge is -2.05. The highest BCUT2D eigenvalue weighted by Gasteiger charge is 2.03. The van der Waals surface area contributed by atoms with Crippen LogP contribution in [0.1, 0.15) is 0 Å². The van der Waals surface area contributed by atoms with Crippen molar-refractivity contribution < 1.29 is 9.53 Å². The zero-order valence-corrected chi connectivity index (χ0v) is 8.51. The Morgan fingerprint density at radius 1 is 1.06 bits per heavy atom. The molecule has 1 radical (unpaired) electrons. The largest absolute Gasteiger partial charge is 0.417 e. The van der Waals surface area contributed by atoms with Crippen LogP contribution in [-0.4, -0.2) is 6.09 Å². The molecule has 0 unspecified atom stereocenters. The van der Waals surface area contributed by atoms with Gasteiger partial charge in [-0.25, -0.2) is 4.79 Å². The zero-order chi connectivity index (χ0) is 11.2. The third kappa shape index (κ3) is 2.85. The molecule has 2 aromatic carbocycles. The lowest BCUT2D eigenvalue weighted by atomic mass is 10.3. The van der Waals surface area contributed by atoms with E-state index in [2.05, 4.69) is 11.4 Å². The average molecular weight is 212 g/mol. The Kier molecular flexibility index (Phi) is 3.18. The van der Waals surface area contributed by atoms with Gasteiger partial charge in [-0.2, -0.15) is 0 Å². The predicted octanol–water partition coefficient (Wildman–Crippen LogP) is 3.10. The van der Waals surface area contributed by atoms with Crippen molar-refractivity contribution >= 4 is 11.8 Å². The Bertz CT molecular complexity index is 410. The summed E-state index contributed by atoms with van der Waals surface area (Å²) in [4.78, 5) is 11.4. The molecule has 2 aromatic rings. The van der Waals surface area contributed by atoms with E-state index < -0.39 is 6.09 Å². The van der Waals surface area contributed by atoms with Gasteiger partial charge in [-0.1, -0.05) is 36.4 Å². The van der Waals surface area contributed by atoms with Gasteiger partial charge >= 0.3 is 6.09 Å². The van der Waals surface area contributed by atoms with E-state index in [9.17, 15) is 4.79 Å². The Morgan fingerprint density at radius 3 is 2.50 bits per heavy atom. The molecule has 0 aromatic heterocycles. The summed E-state index contributed by atoms with van der Waals surface area (Å²) in [5.74, 6) is 0.399. The molecule has 0 atom stereocenters. The van der Waals surface area contributed by atoms with Crippen molar-refractivity contribution in [2.45, 2.75) is 0 Å². The fourth-order valence-electron chi connectivity index (χ4n) is 1.21. The van der Waals surface area contributed by atoms with Crippen LogP contribution >= 0.6 is 0 Å². The number of ether oxygens (including phenoxy) is 1. The maximum atomic E-state index is 11.4. The smallest absolute Gasteiger partial charge is 0.409 e. The second kappa shape index (κ2) is 4.98. The van der Waals surface area contributed by atoms with Gasteiger partial charge in [-0.05, 0) is 18.2 Å². The lowest BCUT2D eigenvalue weighted by Crippen LogP contribution is -2.16. The normalized spacial score (nSPS) is 9.50. The van der Waals surface area contributed by atoms with Crippen LogP contribution < -0.4 is 10.1 Å². The highest BCUT2D eigenvalue weighted by molar-refractivity contribution is 5.86. The number of carbonyl (C=O) groups excluding carboxylic acids is 1. The molecular formula is C13H10NO2. The molecule has 0 heterocycles. The van der Waals surface area contributed by atoms with Crippen molar-refractivity contribution in [2.75, 3.05) is 5.32 Å². The Morgan fingerprint density at radius 2 is 1.81 bits per heavy atom. The molecule has 2 rings (SSSR count). The molecule has 1 amide bonds. The number of carbonyl (C=O) groups is 1. The summed E-state index contributed by atoms with van der Waals surface area (Å²) in [6.07, 6.45) is -0.520. The number of hydrogen-bond donors (Lipinski definition) is 1. The third-order valence-corrected chi connectivity index (χ3v) is 1.90. The van der Waals surface area contributed by atoms with E-state index in [1.165, 1.54) is 0 Å². The molecule has 1 N–H and O–H groups in total. The first-order valence-corrected chi connectivity index (χ1v) is 4.85. The first-order chi connectivity index (χ1) is 7.84. The van der Waals surface area contributed by atoms with Gasteiger partial charge in [0.05, 0.1) is 0 Å². The quantitative estimate of drug-likeness (QED) is 0.830. The van der Waals surface area contributed by atoms with Crippen molar-refractivity contribution in [3.05, 3.63) is 60.7 Å². The molecule has 3 heteroatoms. The summed E-state index contributed by atoms with van der Waals surface area (Å²) in [6, 6.07) is 18.9. The summed E-state index contributed by atoms with van der Waals surface area (Å²) in [5.41, 5.74) is 0.698. The standard InChI is InChI=1S/C13H10NO2/c15-13(14-11-7-3-1-4-8-11)16-12-9-5-2-6-10-12/h1-9H,(H,14,15). The van der Waals surface area contributed by atoms with Gasteiger partial charge in [0.15, 0.2) is 0 Å². The monoisotopic (exact) mass is 212 g/mol. The van der Waals surface area contributed by atoms with E-state index >= 15 is 0 Å². The molecule has 0 fully saturated rings. The Hall–Kier alpha value is -2.29. The van der Waals surface area contributed by atoms with Crippen LogP contribution in [0.4, 0.5) is 10.5 Å². The van der Waals surface area contributed by atoms with Gasteiger partial charge < -0.3 is 4.74 Å². The predicted molar refractivity (Wildman–Crippen MR) is 61.4 cm³/mol. The maximum Gasteiger partial charge on any atom is 0.417 e. The first kappa shape index (κ1) is 10.2. The van der Waals surface area contributed by atoms with E-state index in [1.54, 1.807) is 30.3 Å². The molecule has 3 nitrogen and oxygen atoms in total. The topological polar surface area (TPSA) is 38.3 Å². The van der Waals surface area contributed by atoms with Crippen molar-refractivity contribution in [1.29, 1.82) is 0 Å². The van der Waals surface area contributed by atoms with Gasteiger partial charge in [0.2, 0.25) is 0 Å². The lowest BCUT2D eigenvalue weighted by molar-refractivity contribution is 0.215. The minimum absolute atomic E-state index is 0.399. The molecule has 0 aliphatic carbocycles. The molecule has 16 heavy (non-hydrogen) atoms. The molecule has 0 bridgehead atoms. The van der Waals surface area contributed by atoms with Crippen LogP contribution in [0.3, 0.4) is 0 Å². The van der Waals surface area contributed by atoms with E-state index in [0.717, 1.165) is 0 Å². The number of benzene rings is 2. The number of nitrogens with one attached hydrogen (secondary N) is 1. The molecule has 0 aliphatic rings. The summed E-state index contributed by atoms with van der Waals surface area (Å²) >= 11 is 0. The summed E-state index contributed by atoms with van der Waals surface area (Å²) in [5, 5.41) is 2.61. The first-order valence-electron chi connectivity index (χ1n) is 4.85. The number of rotatable bonds is 2. The van der Waals surface area contributed by atoms with Crippen LogP contribution in [0.25, 0.3) is 0 Å². The molecule has 79 valence electrons. The molecule has 0 saturated heterocycles. The summed E-state index contributed by atoms with van der Waals surface area (Å²) in [7, 11) is 0. The summed E-state index contributed by atoms with van der Waals surface area (Å²) < 4.78 is 5.01. The second-order valence-corrected chi connectivity index (χ2v) is 3.11. The number of hydrogen-bond acceptors (Lipinski definition) is 2. The van der Waals surface area contributed by atoms with Crippen LogP contribution in [0.5, 0.6) is 5.75 Å². The average Bonchev–Trinajstić information content (AvgIpc) is 2.31. The van der Waals surface area contributed by atoms with E-state index in [0.29, 0.717) is 11.4 Å². The number of anilines is 1. The van der Waals surface area contributed by atoms with Gasteiger partial charge in [-0.3, -0.25) is 5.32 Å². The van der Waals surface area contributed by atoms with Crippen molar-refractivity contribution in [1.82, 2.24) is 0 Å². The van der Waals surface area contributed by atoms with Gasteiger partial charge in [0.25, 0.3) is 0 Å². The highest BCUT2D eigenvalue weighted by Crippen LogP contribution is 2.10. The third-order valence-electron chi connectivity index (χ3n) is 1.90. The zero-order valence-electron chi connectivity index (χ0n) is 8.51. The maximum absolute atomic E-state index is 11.4. The SMILES string of the molecule is O=C(Nc1ccccc1)Oc1[c]cccc1. The minimum atomic E-state index is -0.520. The van der Waals surface area contributed by atoms with Crippen LogP contribution in [-0.2, 0) is 0 Å². The Labute approximate surface area is 93.7 Å². The molecule has 0 aliphatic heterocycles. The van der Waals surface area contributed by atoms with Crippen LogP contribution in [0.2, 0.25) is 0 Å². The van der Waals surface area contributed by atoms with Gasteiger partial charge in [-0.15, -0.1) is 0 Å². The van der Waals surface area contributed by atoms with Crippen molar-refractivity contribution in [3.63, 3.8) is 0 Å². The van der Waals surface area contributed by atoms with E-state index in [-0.39, 0.29) is 0 Å². The second-order valence-electron chi connectivity index (χ2n) is 3.11. The van der Waals surface area contributed by atoms with E-state index in [1.807, 2.05) is 24.3 Å². The fourth-order valence-corrected chi connectivity index (χ4v) is 1.21. The highest BCUT2D eigenvalue weighted by atomic mass is 16.6. The minimum Gasteiger partial charge on any atom is -0.409 e. The van der Waals surface area contributed by atoms with Gasteiger partial charge in [0, 0.05) is 11.8 Å². The van der Waals surface area contributed by atoms with Crippen LogP contribution in [0, 0.1) is 6.07 Å². The Balaban J connectivity index is 1.95. The molecule has 0 saturated carbocycles. The van der Waals surface area contributed by atoms with Gasteiger partial charge in [0.1, 0.15) is 5.75 Å². The van der Waals surface area contributed by atoms with Crippen molar-refractivity contribution in [2.24, 2.45) is 0 Å².